The largest absolute Gasteiger partial charge is 0.384 e. The standard InChI is InChI=1S/C53H47N9/c1-2-14-34(15-3-1)51-58-52(41-20-12-18-39(43-22-8-10-28-56-43)49(41)61-45-24-6-4-16-35(45)37-26-30-54-32-47(37)61)60-53(59-51)42-21-13-19-40(44-23-9-11-29-57-44)50(42)62-46-25-7-5-17-36(46)38-27-31-55-33-48(38)62/h1-5,8-18,20-23,26-28,30-33,37,40,47,52-53,57,60H,6-7,19,24-25,29H2,(H,58,59). The topological polar surface area (TPSA) is 94.8 Å². The molecule has 0 saturated carbocycles. The van der Waals surface area contributed by atoms with E-state index in [1.165, 1.54) is 44.9 Å². The second-order valence-electron chi connectivity index (χ2n) is 16.8. The number of aromatic nitrogens is 3. The molecular formula is C53H47N9. The highest BCUT2D eigenvalue weighted by molar-refractivity contribution is 6.00. The summed E-state index contributed by atoms with van der Waals surface area (Å²) in [5.41, 5.74) is 15.4. The lowest BCUT2D eigenvalue weighted by Crippen LogP contribution is -2.53. The normalized spacial score (nSPS) is 24.7. The summed E-state index contributed by atoms with van der Waals surface area (Å²) >= 11 is 0. The highest BCUT2D eigenvalue weighted by Gasteiger charge is 2.43. The molecule has 7 heterocycles. The Bertz CT molecular complexity index is 2920. The van der Waals surface area contributed by atoms with Gasteiger partial charge in [0.1, 0.15) is 18.2 Å². The number of rotatable bonds is 7. The summed E-state index contributed by atoms with van der Waals surface area (Å²) in [5.74, 6) is 1.14. The van der Waals surface area contributed by atoms with Crippen LogP contribution in [0.15, 0.2) is 185 Å². The number of anilines is 1. The molecule has 5 aromatic rings. The maximum Gasteiger partial charge on any atom is 0.131 e. The summed E-state index contributed by atoms with van der Waals surface area (Å²) in [4.78, 5) is 22.6. The molecule has 5 unspecified atom stereocenters. The molecular weight excluding hydrogens is 763 g/mol. The summed E-state index contributed by atoms with van der Waals surface area (Å²) < 4.78 is 2.55. The van der Waals surface area contributed by atoms with E-state index in [4.69, 9.17) is 20.0 Å². The summed E-state index contributed by atoms with van der Waals surface area (Å²) in [6.45, 7) is 0.804. The van der Waals surface area contributed by atoms with Gasteiger partial charge in [0.05, 0.1) is 29.1 Å². The third-order valence-electron chi connectivity index (χ3n) is 13.4. The molecule has 3 aliphatic carbocycles. The highest BCUT2D eigenvalue weighted by atomic mass is 15.3. The minimum absolute atomic E-state index is 0.0315. The fourth-order valence-electron chi connectivity index (χ4n) is 10.7. The summed E-state index contributed by atoms with van der Waals surface area (Å²) in [6.07, 6.45) is 36.9. The summed E-state index contributed by atoms with van der Waals surface area (Å²) in [7, 11) is 0. The van der Waals surface area contributed by atoms with Crippen molar-refractivity contribution in [3.8, 4) is 11.3 Å². The van der Waals surface area contributed by atoms with E-state index >= 15 is 0 Å². The zero-order chi connectivity index (χ0) is 41.0. The predicted octanol–water partition coefficient (Wildman–Crippen LogP) is 9.56. The van der Waals surface area contributed by atoms with Gasteiger partial charge in [0, 0.05) is 99.2 Å². The Morgan fingerprint density at radius 2 is 1.71 bits per heavy atom. The van der Waals surface area contributed by atoms with Crippen molar-refractivity contribution in [2.24, 2.45) is 21.8 Å². The summed E-state index contributed by atoms with van der Waals surface area (Å²) in [6, 6.07) is 25.6. The van der Waals surface area contributed by atoms with Crippen LogP contribution < -0.4 is 20.9 Å². The Labute approximate surface area is 361 Å². The molecule has 0 bridgehead atoms. The van der Waals surface area contributed by atoms with E-state index in [1.54, 1.807) is 0 Å². The van der Waals surface area contributed by atoms with E-state index in [0.29, 0.717) is 0 Å². The molecule has 9 heteroatoms. The third-order valence-corrected chi connectivity index (χ3v) is 13.4. The van der Waals surface area contributed by atoms with Gasteiger partial charge in [-0.2, -0.15) is 0 Å². The van der Waals surface area contributed by atoms with Gasteiger partial charge >= 0.3 is 0 Å². The quantitative estimate of drug-likeness (QED) is 0.152. The van der Waals surface area contributed by atoms with Crippen molar-refractivity contribution in [1.82, 2.24) is 30.5 Å². The third kappa shape index (κ3) is 6.10. The van der Waals surface area contributed by atoms with Crippen LogP contribution in [0.5, 0.6) is 0 Å². The Morgan fingerprint density at radius 3 is 2.61 bits per heavy atom. The predicted molar refractivity (Wildman–Crippen MR) is 251 cm³/mol. The molecule has 0 radical (unpaired) electrons. The van der Waals surface area contributed by atoms with E-state index in [-0.39, 0.29) is 24.0 Å². The SMILES string of the molecule is C1=CCNC(C2CC=CC(C3NC(c4ccccc4)=NC(c4cccc(-c5ccccn5)c4N4C5=C(C=CCC5)C5C=CN=CC54)N3)=C2n2c3c(c4ccncc42)C=CCC3)=C1. The van der Waals surface area contributed by atoms with Gasteiger partial charge in [0.2, 0.25) is 0 Å². The van der Waals surface area contributed by atoms with Crippen molar-refractivity contribution in [1.29, 1.82) is 0 Å². The van der Waals surface area contributed by atoms with Gasteiger partial charge in [0.25, 0.3) is 0 Å². The average Bonchev–Trinajstić information content (AvgIpc) is 3.87. The fourth-order valence-corrected chi connectivity index (χ4v) is 10.7. The second kappa shape index (κ2) is 15.4. The molecule has 4 aliphatic heterocycles. The van der Waals surface area contributed by atoms with Crippen LogP contribution in [0.2, 0.25) is 0 Å². The van der Waals surface area contributed by atoms with Crippen LogP contribution in [0.25, 0.3) is 33.9 Å². The Kier molecular flexibility index (Phi) is 9.13. The van der Waals surface area contributed by atoms with Crippen LogP contribution >= 0.6 is 0 Å². The van der Waals surface area contributed by atoms with Crippen molar-refractivity contribution in [3.05, 3.63) is 197 Å². The van der Waals surface area contributed by atoms with Gasteiger partial charge in [-0.15, -0.1) is 0 Å². The van der Waals surface area contributed by atoms with E-state index in [0.717, 1.165) is 78.1 Å². The number of fused-ring (bicyclic) bond motifs is 5. The lowest BCUT2D eigenvalue weighted by atomic mass is 9.86. The number of nitrogens with zero attached hydrogens (tertiary/aromatic N) is 6. The molecule has 0 amide bonds. The first kappa shape index (κ1) is 36.7. The zero-order valence-corrected chi connectivity index (χ0v) is 34.4. The molecule has 0 fully saturated rings. The minimum atomic E-state index is -0.425. The molecule has 0 spiro atoms. The molecule has 9 nitrogen and oxygen atoms in total. The molecule has 2 aromatic carbocycles. The van der Waals surface area contributed by atoms with Crippen LogP contribution in [0.1, 0.15) is 54.2 Å². The van der Waals surface area contributed by atoms with Gasteiger partial charge in [-0.1, -0.05) is 109 Å². The highest BCUT2D eigenvalue weighted by Crippen LogP contribution is 2.49. The monoisotopic (exact) mass is 809 g/mol. The van der Waals surface area contributed by atoms with Crippen molar-refractivity contribution in [2.45, 2.75) is 50.5 Å². The molecule has 12 rings (SSSR count). The van der Waals surface area contributed by atoms with Crippen LogP contribution in [0.4, 0.5) is 5.69 Å². The Hall–Kier alpha value is -7.10. The number of hydrogen-bond acceptors (Lipinski definition) is 8. The molecule has 62 heavy (non-hydrogen) atoms. The van der Waals surface area contributed by atoms with E-state index in [2.05, 4.69) is 165 Å². The second-order valence-corrected chi connectivity index (χ2v) is 16.8. The molecule has 304 valence electrons. The van der Waals surface area contributed by atoms with Gasteiger partial charge < -0.3 is 20.1 Å². The number of dihydropyridines is 1. The van der Waals surface area contributed by atoms with Crippen molar-refractivity contribution >= 4 is 40.4 Å². The van der Waals surface area contributed by atoms with Gasteiger partial charge in [0.15, 0.2) is 0 Å². The van der Waals surface area contributed by atoms with Crippen LogP contribution in [0.3, 0.4) is 0 Å². The van der Waals surface area contributed by atoms with Crippen LogP contribution in [-0.4, -0.2) is 45.3 Å². The average molecular weight is 810 g/mol. The van der Waals surface area contributed by atoms with Crippen molar-refractivity contribution in [2.75, 3.05) is 11.4 Å². The fraction of sp³-hybridized carbons (Fsp3) is 0.208. The van der Waals surface area contributed by atoms with Gasteiger partial charge in [-0.05, 0) is 62.0 Å². The first-order valence-electron chi connectivity index (χ1n) is 22.0. The first-order chi connectivity index (χ1) is 30.8. The van der Waals surface area contributed by atoms with Crippen LogP contribution in [-0.2, 0) is 6.42 Å². The Balaban J connectivity index is 1.08. The number of amidine groups is 1. The number of aliphatic imine (C=N–C) groups is 2. The molecule has 0 saturated heterocycles. The maximum absolute atomic E-state index is 5.62. The molecule has 3 N–H and O–H groups in total. The molecule has 5 atom stereocenters. The molecule has 3 aromatic heterocycles. The Morgan fingerprint density at radius 1 is 0.806 bits per heavy atom. The van der Waals surface area contributed by atoms with E-state index in [1.807, 2.05) is 24.7 Å². The number of nitrogens with one attached hydrogen (secondary N) is 3. The lowest BCUT2D eigenvalue weighted by molar-refractivity contribution is 0.438. The van der Waals surface area contributed by atoms with Gasteiger partial charge in [-0.25, -0.2) is 4.99 Å². The lowest BCUT2D eigenvalue weighted by Gasteiger charge is -2.39. The first-order valence-corrected chi connectivity index (χ1v) is 22.0. The van der Waals surface area contributed by atoms with E-state index in [9.17, 15) is 0 Å². The van der Waals surface area contributed by atoms with Crippen molar-refractivity contribution in [3.63, 3.8) is 0 Å². The molecule has 7 aliphatic rings. The van der Waals surface area contributed by atoms with E-state index < -0.39 is 6.17 Å². The van der Waals surface area contributed by atoms with Crippen LogP contribution in [0, 0.1) is 11.8 Å². The number of pyridine rings is 2. The number of para-hydroxylation sites is 1. The minimum Gasteiger partial charge on any atom is -0.384 e. The number of hydrogen-bond donors (Lipinski definition) is 3. The zero-order valence-electron chi connectivity index (χ0n) is 34.4. The van der Waals surface area contributed by atoms with Gasteiger partial charge in [-0.3, -0.25) is 20.3 Å². The summed E-state index contributed by atoms with van der Waals surface area (Å²) in [5, 5.41) is 13.1. The smallest absolute Gasteiger partial charge is 0.131 e. The number of allylic oxidation sites excluding steroid dienone is 8. The maximum atomic E-state index is 5.62. The van der Waals surface area contributed by atoms with Crippen molar-refractivity contribution < 1.29 is 0 Å². The number of benzene rings is 2.